The molecule has 0 spiro atoms. The second kappa shape index (κ2) is 6.84. The predicted molar refractivity (Wildman–Crippen MR) is 78.9 cm³/mol. The Morgan fingerprint density at radius 3 is 2.42 bits per heavy atom. The topological polar surface area (TPSA) is 48.6 Å². The largest absolute Gasteiger partial charge is 0.397 e. The lowest BCUT2D eigenvalue weighted by Crippen LogP contribution is -2.47. The molecular formula is C14H25N5. The van der Waals surface area contributed by atoms with Gasteiger partial charge in [-0.2, -0.15) is 0 Å². The van der Waals surface area contributed by atoms with E-state index in [4.69, 9.17) is 5.73 Å². The molecule has 1 aliphatic heterocycles. The van der Waals surface area contributed by atoms with Gasteiger partial charge in [0, 0.05) is 45.8 Å². The van der Waals surface area contributed by atoms with E-state index in [1.807, 2.05) is 12.1 Å². The number of likely N-dealkylation sites (N-methyl/N-ethyl adjacent to an activating group) is 1. The lowest BCUT2D eigenvalue weighted by molar-refractivity contribution is 0.119. The third-order valence-electron chi connectivity index (χ3n) is 3.56. The van der Waals surface area contributed by atoms with Gasteiger partial charge in [-0.1, -0.05) is 0 Å². The first kappa shape index (κ1) is 14.2. The van der Waals surface area contributed by atoms with Crippen molar-refractivity contribution in [3.8, 4) is 0 Å². The number of nitrogens with zero attached hydrogens (tertiary/aromatic N) is 4. The molecule has 1 aromatic rings. The molecular weight excluding hydrogens is 238 g/mol. The summed E-state index contributed by atoms with van der Waals surface area (Å²) < 4.78 is 0. The average molecular weight is 263 g/mol. The van der Waals surface area contributed by atoms with Gasteiger partial charge < -0.3 is 10.6 Å². The van der Waals surface area contributed by atoms with Crippen LogP contribution in [-0.4, -0.2) is 73.0 Å². The van der Waals surface area contributed by atoms with Crippen LogP contribution in [-0.2, 0) is 6.54 Å². The molecule has 19 heavy (non-hydrogen) atoms. The van der Waals surface area contributed by atoms with Gasteiger partial charge in [-0.15, -0.1) is 0 Å². The minimum atomic E-state index is 0.734. The molecule has 2 N–H and O–H groups in total. The SMILES string of the molecule is CN(C)CCN1CCN(Cc2ccc(N)cn2)CC1. The van der Waals surface area contributed by atoms with E-state index < -0.39 is 0 Å². The quantitative estimate of drug-likeness (QED) is 0.830. The highest BCUT2D eigenvalue weighted by Gasteiger charge is 2.16. The molecule has 0 saturated carbocycles. The summed E-state index contributed by atoms with van der Waals surface area (Å²) in [4.78, 5) is 11.6. The van der Waals surface area contributed by atoms with Crippen LogP contribution in [0, 0.1) is 0 Å². The van der Waals surface area contributed by atoms with Crippen molar-refractivity contribution >= 4 is 5.69 Å². The zero-order chi connectivity index (χ0) is 13.7. The molecule has 2 rings (SSSR count). The van der Waals surface area contributed by atoms with Crippen LogP contribution in [0.15, 0.2) is 18.3 Å². The molecule has 5 nitrogen and oxygen atoms in total. The standard InChI is InChI=1S/C14H25N5/c1-17(2)5-6-18-7-9-19(10-8-18)12-14-4-3-13(15)11-16-14/h3-4,11H,5-10,12,15H2,1-2H3. The van der Waals surface area contributed by atoms with Gasteiger partial charge in [0.15, 0.2) is 0 Å². The van der Waals surface area contributed by atoms with E-state index in [0.29, 0.717) is 0 Å². The maximum Gasteiger partial charge on any atom is 0.0545 e. The fourth-order valence-corrected chi connectivity index (χ4v) is 2.27. The first-order valence-corrected chi connectivity index (χ1v) is 6.93. The van der Waals surface area contributed by atoms with Crippen molar-refractivity contribution < 1.29 is 0 Å². The average Bonchev–Trinajstić information content (AvgIpc) is 2.40. The van der Waals surface area contributed by atoms with Gasteiger partial charge in [0.05, 0.1) is 17.6 Å². The molecule has 0 aliphatic carbocycles. The van der Waals surface area contributed by atoms with Gasteiger partial charge >= 0.3 is 0 Å². The molecule has 0 amide bonds. The number of rotatable bonds is 5. The van der Waals surface area contributed by atoms with Crippen LogP contribution in [0.2, 0.25) is 0 Å². The maximum absolute atomic E-state index is 5.65. The van der Waals surface area contributed by atoms with Crippen molar-refractivity contribution in [3.05, 3.63) is 24.0 Å². The summed E-state index contributed by atoms with van der Waals surface area (Å²) in [7, 11) is 4.26. The van der Waals surface area contributed by atoms with E-state index in [9.17, 15) is 0 Å². The Hall–Kier alpha value is -1.17. The molecule has 2 heterocycles. The number of piperazine rings is 1. The molecule has 106 valence electrons. The number of hydrogen-bond donors (Lipinski definition) is 1. The predicted octanol–water partition coefficient (Wildman–Crippen LogP) is 0.343. The number of aromatic nitrogens is 1. The zero-order valence-electron chi connectivity index (χ0n) is 12.0. The molecule has 1 aromatic heterocycles. The Balaban J connectivity index is 1.72. The maximum atomic E-state index is 5.65. The highest BCUT2D eigenvalue weighted by atomic mass is 15.3. The van der Waals surface area contributed by atoms with Gasteiger partial charge in [0.1, 0.15) is 0 Å². The third-order valence-corrected chi connectivity index (χ3v) is 3.56. The Morgan fingerprint density at radius 1 is 1.16 bits per heavy atom. The lowest BCUT2D eigenvalue weighted by atomic mass is 10.2. The molecule has 0 bridgehead atoms. The molecule has 1 saturated heterocycles. The third kappa shape index (κ3) is 4.78. The number of anilines is 1. The van der Waals surface area contributed by atoms with E-state index in [1.54, 1.807) is 6.20 Å². The Morgan fingerprint density at radius 2 is 1.84 bits per heavy atom. The van der Waals surface area contributed by atoms with E-state index in [2.05, 4.69) is 33.8 Å². The highest BCUT2D eigenvalue weighted by Crippen LogP contribution is 2.08. The van der Waals surface area contributed by atoms with E-state index in [1.165, 1.54) is 6.54 Å². The molecule has 5 heteroatoms. The molecule has 0 unspecified atom stereocenters. The highest BCUT2D eigenvalue weighted by molar-refractivity contribution is 5.34. The number of hydrogen-bond acceptors (Lipinski definition) is 5. The molecule has 0 aromatic carbocycles. The monoisotopic (exact) mass is 263 g/mol. The Labute approximate surface area is 116 Å². The van der Waals surface area contributed by atoms with Crippen LogP contribution in [0.3, 0.4) is 0 Å². The van der Waals surface area contributed by atoms with Crippen LogP contribution in [0.25, 0.3) is 0 Å². The van der Waals surface area contributed by atoms with Crippen molar-refractivity contribution in [2.75, 3.05) is 59.1 Å². The van der Waals surface area contributed by atoms with Crippen molar-refractivity contribution in [1.29, 1.82) is 0 Å². The number of nitrogens with two attached hydrogens (primary N) is 1. The molecule has 0 radical (unpaired) electrons. The van der Waals surface area contributed by atoms with Crippen molar-refractivity contribution in [1.82, 2.24) is 19.7 Å². The molecule has 1 fully saturated rings. The van der Waals surface area contributed by atoms with Crippen LogP contribution in [0.5, 0.6) is 0 Å². The van der Waals surface area contributed by atoms with Crippen LogP contribution in [0.1, 0.15) is 5.69 Å². The second-order valence-corrected chi connectivity index (χ2v) is 5.50. The van der Waals surface area contributed by atoms with Gasteiger partial charge in [-0.05, 0) is 26.2 Å². The van der Waals surface area contributed by atoms with E-state index in [-0.39, 0.29) is 0 Å². The minimum absolute atomic E-state index is 0.734. The zero-order valence-corrected chi connectivity index (χ0v) is 12.0. The Bertz CT molecular complexity index is 368. The first-order valence-electron chi connectivity index (χ1n) is 6.93. The summed E-state index contributed by atoms with van der Waals surface area (Å²) in [5.74, 6) is 0. The molecule has 1 aliphatic rings. The lowest BCUT2D eigenvalue weighted by Gasteiger charge is -2.35. The van der Waals surface area contributed by atoms with Crippen molar-refractivity contribution in [2.24, 2.45) is 0 Å². The van der Waals surface area contributed by atoms with Gasteiger partial charge in [0.25, 0.3) is 0 Å². The van der Waals surface area contributed by atoms with Gasteiger partial charge in [-0.25, -0.2) is 0 Å². The second-order valence-electron chi connectivity index (χ2n) is 5.50. The van der Waals surface area contributed by atoms with Crippen LogP contribution in [0.4, 0.5) is 5.69 Å². The molecule has 0 atom stereocenters. The van der Waals surface area contributed by atoms with E-state index >= 15 is 0 Å². The summed E-state index contributed by atoms with van der Waals surface area (Å²) >= 11 is 0. The fourth-order valence-electron chi connectivity index (χ4n) is 2.27. The van der Waals surface area contributed by atoms with Crippen LogP contribution < -0.4 is 5.73 Å². The minimum Gasteiger partial charge on any atom is -0.397 e. The van der Waals surface area contributed by atoms with Crippen molar-refractivity contribution in [3.63, 3.8) is 0 Å². The summed E-state index contributed by atoms with van der Waals surface area (Å²) in [5.41, 5.74) is 7.49. The summed E-state index contributed by atoms with van der Waals surface area (Å²) in [5, 5.41) is 0. The summed E-state index contributed by atoms with van der Waals surface area (Å²) in [6.45, 7) is 7.80. The normalized spacial score (nSPS) is 18.1. The number of pyridine rings is 1. The van der Waals surface area contributed by atoms with E-state index in [0.717, 1.165) is 50.6 Å². The Kier molecular flexibility index (Phi) is 5.13. The summed E-state index contributed by atoms with van der Waals surface area (Å²) in [6, 6.07) is 3.95. The fraction of sp³-hybridized carbons (Fsp3) is 0.643. The summed E-state index contributed by atoms with van der Waals surface area (Å²) in [6.07, 6.45) is 1.74. The number of nitrogen functional groups attached to an aromatic ring is 1. The van der Waals surface area contributed by atoms with Gasteiger partial charge in [-0.3, -0.25) is 14.8 Å². The van der Waals surface area contributed by atoms with Crippen molar-refractivity contribution in [2.45, 2.75) is 6.54 Å². The van der Waals surface area contributed by atoms with Gasteiger partial charge in [0.2, 0.25) is 0 Å². The smallest absolute Gasteiger partial charge is 0.0545 e. The first-order chi connectivity index (χ1) is 9.13. The van der Waals surface area contributed by atoms with Crippen LogP contribution >= 0.6 is 0 Å².